The number of fused-ring (bicyclic) bond motifs is 1. The fourth-order valence-corrected chi connectivity index (χ4v) is 4.20. The monoisotopic (exact) mass is 546 g/mol. The van der Waals surface area contributed by atoms with Gasteiger partial charge in [-0.15, -0.1) is 4.99 Å². The zero-order valence-corrected chi connectivity index (χ0v) is 23.1. The van der Waals surface area contributed by atoms with E-state index in [-0.39, 0.29) is 47.7 Å². The molecule has 0 bridgehead atoms. The normalized spacial score (nSPS) is 22.7. The van der Waals surface area contributed by atoms with Crippen molar-refractivity contribution in [3.63, 3.8) is 0 Å². The van der Waals surface area contributed by atoms with Crippen LogP contribution in [-0.4, -0.2) is 87.3 Å². The molecule has 2 heterocycles. The van der Waals surface area contributed by atoms with E-state index < -0.39 is 0 Å². The molecule has 39 heavy (non-hydrogen) atoms. The third kappa shape index (κ3) is 10.6. The first-order valence-corrected chi connectivity index (χ1v) is 12.5. The lowest BCUT2D eigenvalue weighted by Crippen LogP contribution is -2.53. The summed E-state index contributed by atoms with van der Waals surface area (Å²) in [4.78, 5) is 46.9. The van der Waals surface area contributed by atoms with Crippen LogP contribution in [0.5, 0.6) is 0 Å². The van der Waals surface area contributed by atoms with Crippen LogP contribution in [0.4, 0.5) is 4.79 Å². The van der Waals surface area contributed by atoms with Gasteiger partial charge in [0.05, 0.1) is 19.6 Å². The van der Waals surface area contributed by atoms with Crippen molar-refractivity contribution < 1.29 is 43.0 Å². The van der Waals surface area contributed by atoms with Gasteiger partial charge < -0.3 is 25.1 Å². The van der Waals surface area contributed by atoms with Gasteiger partial charge in [-0.3, -0.25) is 14.4 Å². The summed E-state index contributed by atoms with van der Waals surface area (Å²) in [5.41, 5.74) is 9.32. The summed E-state index contributed by atoms with van der Waals surface area (Å²) in [6.45, 7) is 0.198. The highest BCUT2D eigenvalue weighted by Crippen LogP contribution is 2.30. The molecule has 0 spiro atoms. The third-order valence-electron chi connectivity index (χ3n) is 6.09. The Kier molecular flexibility index (Phi) is 15.4. The van der Waals surface area contributed by atoms with Crippen LogP contribution in [-0.2, 0) is 47.9 Å². The molecule has 1 saturated heterocycles. The number of rotatable bonds is 7. The first kappa shape index (κ1) is 33.5. The smallest absolute Gasteiger partial charge is 0.451 e. The minimum atomic E-state index is -0.348. The average molecular weight is 547 g/mol. The highest BCUT2D eigenvalue weighted by molar-refractivity contribution is 5.99. The molecular weight excluding hydrogens is 506 g/mol. The van der Waals surface area contributed by atoms with Crippen molar-refractivity contribution in [3.8, 4) is 0 Å². The van der Waals surface area contributed by atoms with Gasteiger partial charge >= 0.3 is 12.0 Å². The molecule has 11 nitrogen and oxygen atoms in total. The molecule has 3 atom stereocenters. The minimum Gasteiger partial charge on any atom is -0.463 e. The Bertz CT molecular complexity index is 1040. The molecule has 0 saturated carbocycles. The molecule has 4 rings (SSSR count). The van der Waals surface area contributed by atoms with Gasteiger partial charge in [-0.05, 0) is 54.5 Å². The maximum Gasteiger partial charge on any atom is 0.451 e. The van der Waals surface area contributed by atoms with Gasteiger partial charge in [0, 0.05) is 33.8 Å². The van der Waals surface area contributed by atoms with Gasteiger partial charge in [0.15, 0.2) is 0 Å². The lowest BCUT2D eigenvalue weighted by atomic mass is 10.0. The molecular formula is C28H40N3O8+. The number of carbonyl (C=O) groups excluding carboxylic acids is 4. The molecule has 1 aliphatic carbocycles. The number of allylic oxidation sites excluding steroid dienone is 2. The SMILES string of the molecule is CO.COC.C[N+]1(C2CCC(COC(=O)Cc3ccc4c(c3)CCC4)O2)C=CC(N)=NC1=O.O=C/C=C\C=O. The van der Waals surface area contributed by atoms with Gasteiger partial charge in [0.2, 0.25) is 6.23 Å². The standard InChI is InChI=1S/C21H25N3O4.C4H4O2.C2H6O.CH4O/c1-24(10-9-18(22)23-21(24)26)19-8-7-17(28-19)13-27-20(25)12-14-5-6-15-3-2-4-16(15)11-14;5-3-1-2-4-6;1-3-2;1-2/h5-6,9-11,17,19H,2-4,7-8,12-13H2,1H3,(H-,22,23,26);1-4H;1-2H3;2H,1H3/p+1/b;2-1-;;. The van der Waals surface area contributed by atoms with Crippen LogP contribution >= 0.6 is 0 Å². The Morgan fingerprint density at radius 1 is 1.15 bits per heavy atom. The number of methoxy groups -OCH3 is 1. The van der Waals surface area contributed by atoms with Gasteiger partial charge in [-0.2, -0.15) is 4.48 Å². The van der Waals surface area contributed by atoms with Gasteiger partial charge in [0.1, 0.15) is 31.2 Å². The van der Waals surface area contributed by atoms with E-state index >= 15 is 0 Å². The fourth-order valence-electron chi connectivity index (χ4n) is 4.20. The first-order chi connectivity index (χ1) is 18.8. The van der Waals surface area contributed by atoms with E-state index in [0.717, 1.165) is 44.1 Å². The second kappa shape index (κ2) is 17.9. The average Bonchev–Trinajstić information content (AvgIpc) is 3.60. The Balaban J connectivity index is 0.000000595. The first-order valence-electron chi connectivity index (χ1n) is 12.5. The lowest BCUT2D eigenvalue weighted by molar-refractivity contribution is -0.830. The molecule has 3 aliphatic rings. The predicted octanol–water partition coefficient (Wildman–Crippen LogP) is 2.03. The number of nitrogens with two attached hydrogens (primary N) is 1. The number of aliphatic hydroxyl groups is 1. The summed E-state index contributed by atoms with van der Waals surface area (Å²) in [7, 11) is 6.00. The molecule has 3 N–H and O–H groups in total. The van der Waals surface area contributed by atoms with Crippen LogP contribution < -0.4 is 5.73 Å². The fraction of sp³-hybridized carbons (Fsp3) is 0.464. The quantitative estimate of drug-likeness (QED) is 0.226. The number of aryl methyl sites for hydroxylation is 2. The number of aliphatic hydroxyl groups excluding tert-OH is 1. The summed E-state index contributed by atoms with van der Waals surface area (Å²) < 4.78 is 15.6. The number of urea groups is 1. The van der Waals surface area contributed by atoms with Crippen molar-refractivity contribution in [2.75, 3.05) is 35.0 Å². The lowest BCUT2D eigenvalue weighted by Gasteiger charge is -2.32. The van der Waals surface area contributed by atoms with Gasteiger partial charge in [-0.25, -0.2) is 4.79 Å². The summed E-state index contributed by atoms with van der Waals surface area (Å²) in [6, 6.07) is 5.91. The van der Waals surface area contributed by atoms with E-state index in [2.05, 4.69) is 21.9 Å². The number of amides is 2. The van der Waals surface area contributed by atoms with Crippen molar-refractivity contribution in [3.05, 3.63) is 59.3 Å². The largest absolute Gasteiger partial charge is 0.463 e. The van der Waals surface area contributed by atoms with Gasteiger partial charge in [-0.1, -0.05) is 18.2 Å². The van der Waals surface area contributed by atoms with E-state index in [1.807, 2.05) is 6.07 Å². The van der Waals surface area contributed by atoms with Crippen LogP contribution in [0.15, 0.2) is 47.6 Å². The highest BCUT2D eigenvalue weighted by Gasteiger charge is 2.46. The van der Waals surface area contributed by atoms with Gasteiger partial charge in [0.25, 0.3) is 0 Å². The number of benzene rings is 1. The van der Waals surface area contributed by atoms with Crippen molar-refractivity contribution in [2.45, 2.75) is 50.9 Å². The maximum absolute atomic E-state index is 12.3. The number of aldehydes is 2. The number of hydrogen-bond donors (Lipinski definition) is 2. The van der Waals surface area contributed by atoms with E-state index in [9.17, 15) is 19.2 Å². The van der Waals surface area contributed by atoms with E-state index in [1.54, 1.807) is 33.5 Å². The Morgan fingerprint density at radius 3 is 2.41 bits per heavy atom. The zero-order chi connectivity index (χ0) is 29.3. The topological polar surface area (TPSA) is 155 Å². The van der Waals surface area contributed by atoms with E-state index in [0.29, 0.717) is 19.0 Å². The van der Waals surface area contributed by atoms with Crippen LogP contribution in [0.1, 0.15) is 36.0 Å². The molecule has 2 aliphatic heterocycles. The van der Waals surface area contributed by atoms with E-state index in [4.69, 9.17) is 20.3 Å². The molecule has 2 amide bonds. The second-order valence-electron chi connectivity index (χ2n) is 8.95. The molecule has 11 heteroatoms. The summed E-state index contributed by atoms with van der Waals surface area (Å²) in [5.74, 6) is -0.0488. The molecule has 214 valence electrons. The second-order valence-corrected chi connectivity index (χ2v) is 8.95. The van der Waals surface area contributed by atoms with Crippen molar-refractivity contribution in [2.24, 2.45) is 10.7 Å². The molecule has 0 aromatic heterocycles. The van der Waals surface area contributed by atoms with Crippen molar-refractivity contribution >= 4 is 30.4 Å². The summed E-state index contributed by atoms with van der Waals surface area (Å²) in [5, 5.41) is 7.00. The van der Waals surface area contributed by atoms with Crippen LogP contribution in [0.25, 0.3) is 0 Å². The number of carbonyl (C=O) groups is 4. The third-order valence-corrected chi connectivity index (χ3v) is 6.09. The Hall–Kier alpha value is -3.51. The predicted molar refractivity (Wildman–Crippen MR) is 146 cm³/mol. The maximum atomic E-state index is 12.3. The highest BCUT2D eigenvalue weighted by atomic mass is 16.6. The van der Waals surface area contributed by atoms with Crippen molar-refractivity contribution in [1.82, 2.24) is 0 Å². The number of aliphatic imine (C=N–C) groups is 1. The summed E-state index contributed by atoms with van der Waals surface area (Å²) in [6.07, 6.45) is 11.2. The number of nitrogens with zero attached hydrogens (tertiary/aromatic N) is 2. The van der Waals surface area contributed by atoms with Crippen LogP contribution in [0, 0.1) is 0 Å². The number of ether oxygens (including phenoxy) is 3. The number of esters is 1. The summed E-state index contributed by atoms with van der Waals surface area (Å²) >= 11 is 0. The number of hydrogen-bond acceptors (Lipinski definition) is 9. The minimum absolute atomic E-state index is 0.0692. The molecule has 1 aromatic rings. The Morgan fingerprint density at radius 2 is 1.79 bits per heavy atom. The van der Waals surface area contributed by atoms with Crippen molar-refractivity contribution in [1.29, 1.82) is 0 Å². The number of quaternary nitrogens is 1. The molecule has 0 radical (unpaired) electrons. The number of amidine groups is 1. The van der Waals surface area contributed by atoms with Crippen LogP contribution in [0.3, 0.4) is 0 Å². The molecule has 3 unspecified atom stereocenters. The zero-order valence-electron chi connectivity index (χ0n) is 23.1. The Labute approximate surface area is 229 Å². The molecule has 1 aromatic carbocycles. The van der Waals surface area contributed by atoms with E-state index in [1.165, 1.54) is 17.5 Å². The molecule has 1 fully saturated rings. The van der Waals surface area contributed by atoms with Crippen LogP contribution in [0.2, 0.25) is 0 Å².